The standard InChI is InChI=1S/C28H26Cl3N3O3/c1-4-5-14-33(27(35)22-12-6-18(29)15-24(22)31)17(2)26-32-25-16-19(30)7-13-23(25)28(36)34(26)20-8-10-21(37-3)11-9-20/h6-13,15-17H,4-5,14H2,1-3H3. The number of rotatable bonds is 8. The van der Waals surface area contributed by atoms with Gasteiger partial charge in [-0.2, -0.15) is 0 Å². The Morgan fingerprint density at radius 2 is 1.70 bits per heavy atom. The number of hydrogen-bond donors (Lipinski definition) is 0. The highest BCUT2D eigenvalue weighted by atomic mass is 35.5. The molecule has 192 valence electrons. The lowest BCUT2D eigenvalue weighted by atomic mass is 10.1. The summed E-state index contributed by atoms with van der Waals surface area (Å²) in [6.07, 6.45) is 1.63. The van der Waals surface area contributed by atoms with Crippen LogP contribution < -0.4 is 10.3 Å². The predicted octanol–water partition coefficient (Wildman–Crippen LogP) is 7.36. The summed E-state index contributed by atoms with van der Waals surface area (Å²) >= 11 is 18.7. The number of methoxy groups -OCH3 is 1. The second-order valence-electron chi connectivity index (χ2n) is 8.62. The topological polar surface area (TPSA) is 64.4 Å². The molecule has 9 heteroatoms. The van der Waals surface area contributed by atoms with E-state index in [1.54, 1.807) is 72.7 Å². The van der Waals surface area contributed by atoms with E-state index in [-0.39, 0.29) is 16.5 Å². The van der Waals surface area contributed by atoms with Crippen LogP contribution in [-0.4, -0.2) is 34.0 Å². The molecule has 4 rings (SSSR count). The Morgan fingerprint density at radius 1 is 1.03 bits per heavy atom. The first kappa shape index (κ1) is 27.0. The van der Waals surface area contributed by atoms with E-state index in [9.17, 15) is 9.59 Å². The fraction of sp³-hybridized carbons (Fsp3) is 0.250. The highest BCUT2D eigenvalue weighted by Gasteiger charge is 2.28. The van der Waals surface area contributed by atoms with E-state index in [1.807, 2.05) is 13.8 Å². The molecule has 0 bridgehead atoms. The van der Waals surface area contributed by atoms with E-state index >= 15 is 0 Å². The lowest BCUT2D eigenvalue weighted by Crippen LogP contribution is -2.38. The maximum absolute atomic E-state index is 13.8. The van der Waals surface area contributed by atoms with E-state index in [1.165, 1.54) is 4.57 Å². The summed E-state index contributed by atoms with van der Waals surface area (Å²) in [7, 11) is 1.58. The van der Waals surface area contributed by atoms with Crippen molar-refractivity contribution < 1.29 is 9.53 Å². The summed E-state index contributed by atoms with van der Waals surface area (Å²) < 4.78 is 6.82. The normalized spacial score (nSPS) is 11.9. The van der Waals surface area contributed by atoms with Crippen LogP contribution in [0.2, 0.25) is 15.1 Å². The van der Waals surface area contributed by atoms with Crippen LogP contribution in [-0.2, 0) is 0 Å². The molecule has 1 unspecified atom stereocenters. The maximum Gasteiger partial charge on any atom is 0.266 e. The maximum atomic E-state index is 13.8. The summed E-state index contributed by atoms with van der Waals surface area (Å²) in [5, 5.41) is 1.59. The van der Waals surface area contributed by atoms with Gasteiger partial charge in [0.1, 0.15) is 11.6 Å². The molecule has 0 aliphatic rings. The molecule has 0 aliphatic carbocycles. The van der Waals surface area contributed by atoms with Gasteiger partial charge in [-0.1, -0.05) is 48.1 Å². The highest BCUT2D eigenvalue weighted by Crippen LogP contribution is 2.29. The fourth-order valence-corrected chi connectivity index (χ4v) is 4.85. The molecule has 0 radical (unpaired) electrons. The van der Waals surface area contributed by atoms with E-state index in [2.05, 4.69) is 0 Å². The van der Waals surface area contributed by atoms with E-state index in [4.69, 9.17) is 44.5 Å². The van der Waals surface area contributed by atoms with Crippen molar-refractivity contribution in [3.8, 4) is 11.4 Å². The molecule has 1 heterocycles. The number of halogens is 3. The Labute approximate surface area is 230 Å². The monoisotopic (exact) mass is 557 g/mol. The van der Waals surface area contributed by atoms with Crippen molar-refractivity contribution >= 4 is 51.6 Å². The van der Waals surface area contributed by atoms with Crippen molar-refractivity contribution in [2.45, 2.75) is 32.7 Å². The Hall–Kier alpha value is -3.06. The minimum atomic E-state index is -0.580. The molecule has 1 amide bonds. The molecule has 1 atom stereocenters. The van der Waals surface area contributed by atoms with Gasteiger partial charge in [0.15, 0.2) is 0 Å². The number of carbonyl (C=O) groups excluding carboxylic acids is 1. The van der Waals surface area contributed by atoms with Crippen molar-refractivity contribution in [1.29, 1.82) is 0 Å². The second kappa shape index (κ2) is 11.5. The minimum absolute atomic E-state index is 0.261. The summed E-state index contributed by atoms with van der Waals surface area (Å²) in [5.41, 5.74) is 1.12. The van der Waals surface area contributed by atoms with Crippen LogP contribution in [0.1, 0.15) is 48.9 Å². The molecule has 1 aromatic heterocycles. The zero-order chi connectivity index (χ0) is 26.7. The van der Waals surface area contributed by atoms with E-state index in [0.717, 1.165) is 12.8 Å². The molecule has 3 aromatic carbocycles. The van der Waals surface area contributed by atoms with E-state index in [0.29, 0.717) is 50.3 Å². The largest absolute Gasteiger partial charge is 0.497 e. The molecule has 0 spiro atoms. The Kier molecular flexibility index (Phi) is 8.42. The molecule has 37 heavy (non-hydrogen) atoms. The van der Waals surface area contributed by atoms with Crippen LogP contribution in [0.15, 0.2) is 65.5 Å². The third kappa shape index (κ3) is 5.61. The van der Waals surface area contributed by atoms with Gasteiger partial charge in [0.2, 0.25) is 0 Å². The van der Waals surface area contributed by atoms with Crippen LogP contribution >= 0.6 is 34.8 Å². The molecule has 0 N–H and O–H groups in total. The number of nitrogens with zero attached hydrogens (tertiary/aromatic N) is 3. The zero-order valence-corrected chi connectivity index (χ0v) is 22.9. The van der Waals surface area contributed by atoms with Crippen LogP contribution in [0.5, 0.6) is 5.75 Å². The van der Waals surface area contributed by atoms with Crippen molar-refractivity contribution in [3.05, 3.63) is 97.5 Å². The van der Waals surface area contributed by atoms with Crippen LogP contribution in [0.3, 0.4) is 0 Å². The van der Waals surface area contributed by atoms with Crippen molar-refractivity contribution in [1.82, 2.24) is 14.5 Å². The summed E-state index contributed by atoms with van der Waals surface area (Å²) in [4.78, 5) is 34.1. The first-order valence-corrected chi connectivity index (χ1v) is 13.0. The SMILES string of the molecule is CCCCN(C(=O)c1ccc(Cl)cc1Cl)C(C)c1nc2cc(Cl)ccc2c(=O)n1-c1ccc(OC)cc1. The molecule has 0 saturated heterocycles. The average molecular weight is 559 g/mol. The predicted molar refractivity (Wildman–Crippen MR) is 150 cm³/mol. The second-order valence-corrected chi connectivity index (χ2v) is 9.90. The van der Waals surface area contributed by atoms with Crippen LogP contribution in [0.4, 0.5) is 0 Å². The first-order valence-electron chi connectivity index (χ1n) is 11.9. The molecule has 0 fully saturated rings. The third-order valence-electron chi connectivity index (χ3n) is 6.20. The zero-order valence-electron chi connectivity index (χ0n) is 20.7. The number of aromatic nitrogens is 2. The molecule has 0 aliphatic heterocycles. The number of amides is 1. The number of fused-ring (bicyclic) bond motifs is 1. The summed E-state index contributed by atoms with van der Waals surface area (Å²) in [6, 6.07) is 16.3. The van der Waals surface area contributed by atoms with Gasteiger partial charge >= 0.3 is 0 Å². The minimum Gasteiger partial charge on any atom is -0.497 e. The fourth-order valence-electron chi connectivity index (χ4n) is 4.19. The number of unbranched alkanes of at least 4 members (excludes halogenated alkanes) is 1. The summed E-state index contributed by atoms with van der Waals surface area (Å²) in [6.45, 7) is 4.35. The lowest BCUT2D eigenvalue weighted by molar-refractivity contribution is 0.0678. The van der Waals surface area contributed by atoms with Gasteiger partial charge in [-0.3, -0.25) is 14.2 Å². The number of carbonyl (C=O) groups is 1. The average Bonchev–Trinajstić information content (AvgIpc) is 2.88. The Balaban J connectivity index is 1.92. The van der Waals surface area contributed by atoms with Gasteiger partial charge in [-0.15, -0.1) is 0 Å². The summed E-state index contributed by atoms with van der Waals surface area (Å²) in [5.74, 6) is 0.785. The lowest BCUT2D eigenvalue weighted by Gasteiger charge is -2.31. The third-order valence-corrected chi connectivity index (χ3v) is 6.99. The van der Waals surface area contributed by atoms with Gasteiger partial charge in [0.05, 0.1) is 40.3 Å². The van der Waals surface area contributed by atoms with Gasteiger partial charge in [-0.05, 0) is 74.0 Å². The first-order chi connectivity index (χ1) is 17.7. The van der Waals surface area contributed by atoms with Crippen molar-refractivity contribution in [2.24, 2.45) is 0 Å². The number of hydrogen-bond acceptors (Lipinski definition) is 4. The highest BCUT2D eigenvalue weighted by molar-refractivity contribution is 6.36. The Bertz CT molecular complexity index is 1500. The number of ether oxygens (including phenoxy) is 1. The van der Waals surface area contributed by atoms with Gasteiger partial charge in [0, 0.05) is 16.6 Å². The molecular weight excluding hydrogens is 533 g/mol. The van der Waals surface area contributed by atoms with E-state index < -0.39 is 6.04 Å². The van der Waals surface area contributed by atoms with Crippen LogP contribution in [0, 0.1) is 0 Å². The van der Waals surface area contributed by atoms with Crippen molar-refractivity contribution in [3.63, 3.8) is 0 Å². The quantitative estimate of drug-likeness (QED) is 0.227. The molecular formula is C28H26Cl3N3O3. The Morgan fingerprint density at radius 3 is 2.35 bits per heavy atom. The van der Waals surface area contributed by atoms with Crippen LogP contribution in [0.25, 0.3) is 16.6 Å². The smallest absolute Gasteiger partial charge is 0.266 e. The van der Waals surface area contributed by atoms with Gasteiger partial charge in [0.25, 0.3) is 11.5 Å². The van der Waals surface area contributed by atoms with Gasteiger partial charge in [-0.25, -0.2) is 4.98 Å². The molecule has 4 aromatic rings. The van der Waals surface area contributed by atoms with Crippen molar-refractivity contribution in [2.75, 3.05) is 13.7 Å². The molecule has 0 saturated carbocycles. The molecule has 6 nitrogen and oxygen atoms in total. The van der Waals surface area contributed by atoms with Gasteiger partial charge < -0.3 is 9.64 Å². The number of benzene rings is 3.